The van der Waals surface area contributed by atoms with Crippen LogP contribution in [0, 0.1) is 6.92 Å². The summed E-state index contributed by atoms with van der Waals surface area (Å²) in [6.07, 6.45) is 0.607. The van der Waals surface area contributed by atoms with Gasteiger partial charge in [-0.25, -0.2) is 4.79 Å². The quantitative estimate of drug-likeness (QED) is 0.392. The number of nitrogens with zero attached hydrogens (tertiary/aromatic N) is 4. The molecule has 10 heteroatoms. The number of imidazole rings is 1. The second kappa shape index (κ2) is 10.0. The molecule has 4 rings (SSSR count). The average Bonchev–Trinajstić information content (AvgIpc) is 3.39. The molecule has 35 heavy (non-hydrogen) atoms. The SMILES string of the molecule is COc1ccc(CCNC(=O)Cn2c(=O)n(C(C)C)c3ccc(-c4noc(C)n4)cc32)cc1OC. The van der Waals surface area contributed by atoms with Crippen molar-refractivity contribution >= 4 is 16.9 Å². The number of ether oxygens (including phenoxy) is 2. The van der Waals surface area contributed by atoms with Crippen LogP contribution >= 0.6 is 0 Å². The Hall–Kier alpha value is -4.08. The van der Waals surface area contributed by atoms with Gasteiger partial charge in [0.2, 0.25) is 17.6 Å². The number of benzene rings is 2. The monoisotopic (exact) mass is 479 g/mol. The molecule has 0 fully saturated rings. The Morgan fingerprint density at radius 1 is 1.09 bits per heavy atom. The van der Waals surface area contributed by atoms with Crippen molar-refractivity contribution in [2.75, 3.05) is 20.8 Å². The van der Waals surface area contributed by atoms with Gasteiger partial charge in [0.05, 0.1) is 25.3 Å². The number of rotatable bonds is 9. The number of nitrogens with one attached hydrogen (secondary N) is 1. The van der Waals surface area contributed by atoms with E-state index in [9.17, 15) is 9.59 Å². The van der Waals surface area contributed by atoms with Crippen molar-refractivity contribution in [1.29, 1.82) is 0 Å². The highest BCUT2D eigenvalue weighted by atomic mass is 16.5. The van der Waals surface area contributed by atoms with Gasteiger partial charge in [-0.2, -0.15) is 4.98 Å². The van der Waals surface area contributed by atoms with Crippen molar-refractivity contribution < 1.29 is 18.8 Å². The van der Waals surface area contributed by atoms with E-state index in [1.165, 1.54) is 4.57 Å². The first-order chi connectivity index (χ1) is 16.8. The van der Waals surface area contributed by atoms with E-state index in [0.717, 1.165) is 11.1 Å². The molecule has 0 atom stereocenters. The molecular formula is C25H29N5O5. The Bertz CT molecular complexity index is 1420. The third-order valence-corrected chi connectivity index (χ3v) is 5.75. The summed E-state index contributed by atoms with van der Waals surface area (Å²) in [6, 6.07) is 11.1. The first kappa shape index (κ1) is 24.1. The molecule has 0 bridgehead atoms. The van der Waals surface area contributed by atoms with E-state index in [2.05, 4.69) is 15.5 Å². The normalized spacial score (nSPS) is 11.3. The molecule has 2 aromatic carbocycles. The zero-order valence-electron chi connectivity index (χ0n) is 20.5. The maximum atomic E-state index is 13.2. The van der Waals surface area contributed by atoms with E-state index < -0.39 is 0 Å². The third kappa shape index (κ3) is 4.91. The Morgan fingerprint density at radius 2 is 1.86 bits per heavy atom. The lowest BCUT2D eigenvalue weighted by Crippen LogP contribution is -2.34. The number of amides is 1. The summed E-state index contributed by atoms with van der Waals surface area (Å²) in [6.45, 7) is 5.90. The van der Waals surface area contributed by atoms with Gasteiger partial charge in [-0.05, 0) is 56.2 Å². The second-order valence-corrected chi connectivity index (χ2v) is 8.46. The molecule has 4 aromatic rings. The van der Waals surface area contributed by atoms with Crippen molar-refractivity contribution in [2.45, 2.75) is 39.8 Å². The highest BCUT2D eigenvalue weighted by Gasteiger charge is 2.19. The van der Waals surface area contributed by atoms with Gasteiger partial charge in [-0.1, -0.05) is 11.2 Å². The summed E-state index contributed by atoms with van der Waals surface area (Å²) < 4.78 is 18.8. The van der Waals surface area contributed by atoms with Crippen molar-refractivity contribution in [1.82, 2.24) is 24.6 Å². The van der Waals surface area contributed by atoms with E-state index in [1.807, 2.05) is 50.2 Å². The molecule has 2 aromatic heterocycles. The largest absolute Gasteiger partial charge is 0.493 e. The molecule has 0 spiro atoms. The minimum absolute atomic E-state index is 0.0716. The zero-order valence-corrected chi connectivity index (χ0v) is 20.5. The first-order valence-electron chi connectivity index (χ1n) is 11.4. The van der Waals surface area contributed by atoms with E-state index in [0.29, 0.717) is 47.3 Å². The number of carbonyl (C=O) groups excluding carboxylic acids is 1. The van der Waals surface area contributed by atoms with Crippen LogP contribution in [0.5, 0.6) is 11.5 Å². The van der Waals surface area contributed by atoms with Gasteiger partial charge >= 0.3 is 5.69 Å². The van der Waals surface area contributed by atoms with Crippen LogP contribution in [-0.4, -0.2) is 45.9 Å². The number of fused-ring (bicyclic) bond motifs is 1. The molecule has 0 saturated heterocycles. The van der Waals surface area contributed by atoms with E-state index in [-0.39, 0.29) is 24.2 Å². The summed E-state index contributed by atoms with van der Waals surface area (Å²) in [4.78, 5) is 30.3. The molecule has 1 amide bonds. The van der Waals surface area contributed by atoms with Crippen LogP contribution in [0.15, 0.2) is 45.7 Å². The molecule has 0 aliphatic carbocycles. The molecule has 0 unspecified atom stereocenters. The summed E-state index contributed by atoms with van der Waals surface area (Å²) in [7, 11) is 3.17. The van der Waals surface area contributed by atoms with Crippen molar-refractivity contribution in [3.05, 3.63) is 58.3 Å². The van der Waals surface area contributed by atoms with Crippen LogP contribution in [0.2, 0.25) is 0 Å². The van der Waals surface area contributed by atoms with Crippen LogP contribution in [-0.2, 0) is 17.8 Å². The minimum Gasteiger partial charge on any atom is -0.493 e. The fourth-order valence-corrected chi connectivity index (χ4v) is 4.07. The second-order valence-electron chi connectivity index (χ2n) is 8.46. The fourth-order valence-electron chi connectivity index (χ4n) is 4.07. The van der Waals surface area contributed by atoms with Crippen molar-refractivity contribution in [3.8, 4) is 22.9 Å². The molecule has 0 aliphatic rings. The molecule has 0 radical (unpaired) electrons. The van der Waals surface area contributed by atoms with Crippen LogP contribution in [0.25, 0.3) is 22.4 Å². The molecule has 184 valence electrons. The average molecular weight is 480 g/mol. The molecular weight excluding hydrogens is 450 g/mol. The Morgan fingerprint density at radius 3 is 2.51 bits per heavy atom. The van der Waals surface area contributed by atoms with Crippen LogP contribution in [0.4, 0.5) is 0 Å². The Labute approximate surface area is 202 Å². The summed E-state index contributed by atoms with van der Waals surface area (Å²) >= 11 is 0. The van der Waals surface area contributed by atoms with Crippen molar-refractivity contribution in [3.63, 3.8) is 0 Å². The number of methoxy groups -OCH3 is 2. The number of hydrogen-bond acceptors (Lipinski definition) is 7. The van der Waals surface area contributed by atoms with Gasteiger partial charge in [0.25, 0.3) is 0 Å². The maximum absolute atomic E-state index is 13.2. The van der Waals surface area contributed by atoms with Crippen LogP contribution in [0.1, 0.15) is 31.3 Å². The lowest BCUT2D eigenvalue weighted by molar-refractivity contribution is -0.121. The van der Waals surface area contributed by atoms with E-state index >= 15 is 0 Å². The minimum atomic E-state index is -0.254. The van der Waals surface area contributed by atoms with Gasteiger partial charge in [-0.15, -0.1) is 0 Å². The lowest BCUT2D eigenvalue weighted by atomic mass is 10.1. The molecule has 0 aliphatic heterocycles. The summed E-state index contributed by atoms with van der Waals surface area (Å²) in [5, 5.41) is 6.87. The highest BCUT2D eigenvalue weighted by Crippen LogP contribution is 2.27. The Balaban J connectivity index is 1.54. The molecule has 1 N–H and O–H groups in total. The number of carbonyl (C=O) groups is 1. The highest BCUT2D eigenvalue weighted by molar-refractivity contribution is 5.84. The standard InChI is InChI=1S/C25H29N5O5/c1-15(2)30-19-8-7-18(24-27-16(3)35-28-24)13-20(19)29(25(30)32)14-23(31)26-11-10-17-6-9-21(33-4)22(12-17)34-5/h6-9,12-13,15H,10-11,14H2,1-5H3,(H,26,31). The third-order valence-electron chi connectivity index (χ3n) is 5.75. The summed E-state index contributed by atoms with van der Waals surface area (Å²) in [5.41, 5.74) is 2.84. The number of hydrogen-bond donors (Lipinski definition) is 1. The van der Waals surface area contributed by atoms with E-state index in [4.69, 9.17) is 14.0 Å². The first-order valence-corrected chi connectivity index (χ1v) is 11.4. The van der Waals surface area contributed by atoms with Crippen molar-refractivity contribution in [2.24, 2.45) is 0 Å². The molecule has 0 saturated carbocycles. The van der Waals surface area contributed by atoms with E-state index in [1.54, 1.807) is 25.7 Å². The van der Waals surface area contributed by atoms with Gasteiger partial charge in [-0.3, -0.25) is 13.9 Å². The molecule has 10 nitrogen and oxygen atoms in total. The lowest BCUT2D eigenvalue weighted by Gasteiger charge is -2.10. The molecule has 2 heterocycles. The summed E-state index contributed by atoms with van der Waals surface area (Å²) in [5.74, 6) is 1.91. The zero-order chi connectivity index (χ0) is 25.1. The number of aryl methyl sites for hydroxylation is 1. The topological polar surface area (TPSA) is 113 Å². The maximum Gasteiger partial charge on any atom is 0.329 e. The fraction of sp³-hybridized carbons (Fsp3) is 0.360. The van der Waals surface area contributed by atoms with Gasteiger partial charge in [0.15, 0.2) is 11.5 Å². The van der Waals surface area contributed by atoms with Crippen LogP contribution < -0.4 is 20.5 Å². The predicted molar refractivity (Wildman–Crippen MR) is 131 cm³/mol. The van der Waals surface area contributed by atoms with Gasteiger partial charge < -0.3 is 19.3 Å². The Kier molecular flexibility index (Phi) is 6.90. The van der Waals surface area contributed by atoms with Gasteiger partial charge in [0, 0.05) is 25.1 Å². The smallest absolute Gasteiger partial charge is 0.329 e. The predicted octanol–water partition coefficient (Wildman–Crippen LogP) is 3.12. The van der Waals surface area contributed by atoms with Gasteiger partial charge in [0.1, 0.15) is 6.54 Å². The number of aromatic nitrogens is 4. The van der Waals surface area contributed by atoms with Crippen LogP contribution in [0.3, 0.4) is 0 Å².